The molecule has 1 atom stereocenters. The monoisotopic (exact) mass is 252 g/mol. The van der Waals surface area contributed by atoms with Crippen LogP contribution in [-0.2, 0) is 7.05 Å². The van der Waals surface area contributed by atoms with Crippen molar-refractivity contribution in [1.82, 2.24) is 14.8 Å². The number of aromatic nitrogens is 3. The van der Waals surface area contributed by atoms with E-state index in [2.05, 4.69) is 10.2 Å². The summed E-state index contributed by atoms with van der Waals surface area (Å²) < 4.78 is 15.5. The Labute approximate surface area is 103 Å². The van der Waals surface area contributed by atoms with E-state index in [1.165, 1.54) is 17.8 Å². The first kappa shape index (κ1) is 12.1. The van der Waals surface area contributed by atoms with Gasteiger partial charge in [-0.2, -0.15) is 0 Å². The van der Waals surface area contributed by atoms with Gasteiger partial charge in [0.05, 0.1) is 4.90 Å². The molecule has 0 saturated heterocycles. The molecule has 2 N–H and O–H groups in total. The first-order valence-electron chi connectivity index (χ1n) is 5.15. The molecule has 0 saturated carbocycles. The lowest BCUT2D eigenvalue weighted by atomic mass is 10.1. The number of benzene rings is 1. The molecular formula is C11H13FN4S. The summed E-state index contributed by atoms with van der Waals surface area (Å²) in [5, 5.41) is 8.29. The molecule has 0 aliphatic rings. The van der Waals surface area contributed by atoms with Crippen LogP contribution in [0.1, 0.15) is 18.5 Å². The summed E-state index contributed by atoms with van der Waals surface area (Å²) in [6.45, 7) is 1.82. The molecule has 0 amide bonds. The minimum absolute atomic E-state index is 0.168. The fraction of sp³-hybridized carbons (Fsp3) is 0.273. The Morgan fingerprint density at radius 1 is 1.47 bits per heavy atom. The second kappa shape index (κ2) is 4.85. The van der Waals surface area contributed by atoms with Gasteiger partial charge in [-0.15, -0.1) is 10.2 Å². The average molecular weight is 252 g/mol. The van der Waals surface area contributed by atoms with E-state index in [4.69, 9.17) is 5.73 Å². The zero-order valence-electron chi connectivity index (χ0n) is 9.59. The van der Waals surface area contributed by atoms with Gasteiger partial charge in [0, 0.05) is 13.1 Å². The summed E-state index contributed by atoms with van der Waals surface area (Å²) >= 11 is 1.24. The Kier molecular flexibility index (Phi) is 3.44. The van der Waals surface area contributed by atoms with Gasteiger partial charge in [0.1, 0.15) is 12.1 Å². The van der Waals surface area contributed by atoms with Crippen LogP contribution in [0.4, 0.5) is 4.39 Å². The van der Waals surface area contributed by atoms with Crippen molar-refractivity contribution in [2.24, 2.45) is 12.8 Å². The van der Waals surface area contributed by atoms with Gasteiger partial charge in [-0.25, -0.2) is 4.39 Å². The molecular weight excluding hydrogens is 239 g/mol. The molecule has 0 spiro atoms. The van der Waals surface area contributed by atoms with Crippen LogP contribution in [0, 0.1) is 5.82 Å². The molecule has 2 rings (SSSR count). The third kappa shape index (κ3) is 2.65. The first-order chi connectivity index (χ1) is 8.08. The SMILES string of the molecule is C[C@@H](N)c1ccc(Sc2nncn2C)c(F)c1. The van der Waals surface area contributed by atoms with Crippen LogP contribution in [0.2, 0.25) is 0 Å². The Balaban J connectivity index is 2.26. The van der Waals surface area contributed by atoms with Gasteiger partial charge in [-0.1, -0.05) is 6.07 Å². The van der Waals surface area contributed by atoms with Gasteiger partial charge in [0.2, 0.25) is 0 Å². The van der Waals surface area contributed by atoms with Gasteiger partial charge in [-0.05, 0) is 36.4 Å². The highest BCUT2D eigenvalue weighted by Crippen LogP contribution is 2.29. The average Bonchev–Trinajstić information content (AvgIpc) is 2.67. The number of hydrogen-bond donors (Lipinski definition) is 1. The van der Waals surface area contributed by atoms with Gasteiger partial charge < -0.3 is 10.3 Å². The third-order valence-corrected chi connectivity index (χ3v) is 3.46. The summed E-state index contributed by atoms with van der Waals surface area (Å²) in [7, 11) is 1.82. The van der Waals surface area contributed by atoms with Crippen molar-refractivity contribution < 1.29 is 4.39 Å². The van der Waals surface area contributed by atoms with Crippen molar-refractivity contribution in [3.8, 4) is 0 Å². The van der Waals surface area contributed by atoms with Crippen molar-refractivity contribution in [3.63, 3.8) is 0 Å². The molecule has 4 nitrogen and oxygen atoms in total. The van der Waals surface area contributed by atoms with Crippen molar-refractivity contribution in [1.29, 1.82) is 0 Å². The second-order valence-corrected chi connectivity index (χ2v) is 4.81. The molecule has 2 aromatic rings. The minimum atomic E-state index is -0.284. The Bertz CT molecular complexity index is 524. The fourth-order valence-corrected chi connectivity index (χ4v) is 2.11. The lowest BCUT2D eigenvalue weighted by Gasteiger charge is -2.08. The number of hydrogen-bond acceptors (Lipinski definition) is 4. The van der Waals surface area contributed by atoms with Crippen LogP contribution < -0.4 is 5.73 Å². The number of nitrogens with zero attached hydrogens (tertiary/aromatic N) is 3. The zero-order valence-corrected chi connectivity index (χ0v) is 10.4. The summed E-state index contributed by atoms with van der Waals surface area (Å²) in [6.07, 6.45) is 1.58. The van der Waals surface area contributed by atoms with E-state index in [0.29, 0.717) is 10.1 Å². The summed E-state index contributed by atoms with van der Waals surface area (Å²) in [5.74, 6) is -0.284. The van der Waals surface area contributed by atoms with Crippen LogP contribution in [0.5, 0.6) is 0 Å². The number of aryl methyl sites for hydroxylation is 1. The molecule has 17 heavy (non-hydrogen) atoms. The maximum Gasteiger partial charge on any atom is 0.195 e. The Morgan fingerprint density at radius 3 is 2.76 bits per heavy atom. The molecule has 1 aromatic heterocycles. The summed E-state index contributed by atoms with van der Waals surface area (Å²) in [4.78, 5) is 0.519. The highest BCUT2D eigenvalue weighted by molar-refractivity contribution is 7.99. The normalized spacial score (nSPS) is 12.7. The van der Waals surface area contributed by atoms with Crippen molar-refractivity contribution in [3.05, 3.63) is 35.9 Å². The second-order valence-electron chi connectivity index (χ2n) is 3.81. The predicted molar refractivity (Wildman–Crippen MR) is 64.1 cm³/mol. The van der Waals surface area contributed by atoms with Crippen LogP contribution in [0.15, 0.2) is 34.6 Å². The van der Waals surface area contributed by atoms with Crippen LogP contribution in [0.3, 0.4) is 0 Å². The lowest BCUT2D eigenvalue weighted by Crippen LogP contribution is -2.05. The molecule has 0 radical (unpaired) electrons. The molecule has 1 heterocycles. The maximum atomic E-state index is 13.8. The van der Waals surface area contributed by atoms with Gasteiger partial charge in [0.25, 0.3) is 0 Å². The molecule has 0 bridgehead atoms. The standard InChI is InChI=1S/C11H13FN4S/c1-7(13)8-3-4-10(9(12)5-8)17-11-15-14-6-16(11)2/h3-7H,13H2,1-2H3/t7-/m1/s1. The van der Waals surface area contributed by atoms with E-state index >= 15 is 0 Å². The molecule has 0 fully saturated rings. The third-order valence-electron chi connectivity index (χ3n) is 2.35. The topological polar surface area (TPSA) is 56.7 Å². The molecule has 90 valence electrons. The predicted octanol–water partition coefficient (Wildman–Crippen LogP) is 2.13. The highest BCUT2D eigenvalue weighted by atomic mass is 32.2. The van der Waals surface area contributed by atoms with Crippen molar-refractivity contribution in [2.45, 2.75) is 23.0 Å². The van der Waals surface area contributed by atoms with E-state index in [-0.39, 0.29) is 11.9 Å². The summed E-state index contributed by atoms with van der Waals surface area (Å²) in [5.41, 5.74) is 6.48. The van der Waals surface area contributed by atoms with E-state index in [0.717, 1.165) is 5.56 Å². The first-order valence-corrected chi connectivity index (χ1v) is 5.96. The number of rotatable bonds is 3. The Morgan fingerprint density at radius 2 is 2.24 bits per heavy atom. The van der Waals surface area contributed by atoms with E-state index in [1.807, 2.05) is 20.0 Å². The number of nitrogens with two attached hydrogens (primary N) is 1. The van der Waals surface area contributed by atoms with E-state index in [9.17, 15) is 4.39 Å². The van der Waals surface area contributed by atoms with E-state index in [1.54, 1.807) is 17.0 Å². The molecule has 6 heteroatoms. The molecule has 0 aliphatic carbocycles. The van der Waals surface area contributed by atoms with Crippen LogP contribution >= 0.6 is 11.8 Å². The largest absolute Gasteiger partial charge is 0.324 e. The van der Waals surface area contributed by atoms with Gasteiger partial charge in [-0.3, -0.25) is 0 Å². The number of halogens is 1. The van der Waals surface area contributed by atoms with E-state index < -0.39 is 0 Å². The van der Waals surface area contributed by atoms with Crippen molar-refractivity contribution >= 4 is 11.8 Å². The molecule has 0 unspecified atom stereocenters. The van der Waals surface area contributed by atoms with Gasteiger partial charge in [0.15, 0.2) is 5.16 Å². The quantitative estimate of drug-likeness (QED) is 0.909. The summed E-state index contributed by atoms with van der Waals surface area (Å²) in [6, 6.07) is 4.83. The smallest absolute Gasteiger partial charge is 0.195 e. The van der Waals surface area contributed by atoms with Crippen LogP contribution in [-0.4, -0.2) is 14.8 Å². The van der Waals surface area contributed by atoms with Crippen LogP contribution in [0.25, 0.3) is 0 Å². The molecule has 1 aromatic carbocycles. The highest BCUT2D eigenvalue weighted by Gasteiger charge is 2.10. The zero-order chi connectivity index (χ0) is 12.4. The fourth-order valence-electron chi connectivity index (χ4n) is 1.35. The van der Waals surface area contributed by atoms with Crippen molar-refractivity contribution in [2.75, 3.05) is 0 Å². The van der Waals surface area contributed by atoms with Gasteiger partial charge >= 0.3 is 0 Å². The Hall–Kier alpha value is -1.40. The minimum Gasteiger partial charge on any atom is -0.324 e. The molecule has 0 aliphatic heterocycles. The maximum absolute atomic E-state index is 13.8. The lowest BCUT2D eigenvalue weighted by molar-refractivity contribution is 0.596.